The highest BCUT2D eigenvalue weighted by molar-refractivity contribution is 6.24. The highest BCUT2D eigenvalue weighted by Crippen LogP contribution is 2.25. The van der Waals surface area contributed by atoms with Gasteiger partial charge in [-0.1, -0.05) is 11.0 Å². The first-order valence-electron chi connectivity index (χ1n) is 3.07. The van der Waals surface area contributed by atoms with E-state index in [9.17, 15) is 8.78 Å². The van der Waals surface area contributed by atoms with Crippen molar-refractivity contribution in [3.63, 3.8) is 0 Å². The molecule has 1 aliphatic rings. The van der Waals surface area contributed by atoms with Crippen molar-refractivity contribution in [1.29, 1.82) is 0 Å². The third-order valence-corrected chi connectivity index (χ3v) is 1.57. The van der Waals surface area contributed by atoms with Crippen molar-refractivity contribution in [3.8, 4) is 0 Å². The fourth-order valence-electron chi connectivity index (χ4n) is 0.846. The molecular weight excluding hydrogens is 133 g/mol. The Labute approximate surface area is 60.0 Å². The van der Waals surface area contributed by atoms with Crippen LogP contribution in [0.4, 0.5) is 8.78 Å². The first kappa shape index (κ1) is 7.51. The summed E-state index contributed by atoms with van der Waals surface area (Å²) in [5.41, 5.74) is 1.07. The van der Waals surface area contributed by atoms with Gasteiger partial charge in [0.05, 0.1) is 0 Å². The van der Waals surface area contributed by atoms with Crippen LogP contribution in [0.25, 0.3) is 0 Å². The van der Waals surface area contributed by atoms with Crippen molar-refractivity contribution in [2.45, 2.75) is 19.5 Å². The lowest BCUT2D eigenvalue weighted by Crippen LogP contribution is -2.08. The minimum atomic E-state index is -1.48. The van der Waals surface area contributed by atoms with Crippen molar-refractivity contribution >= 4 is 7.85 Å². The zero-order valence-corrected chi connectivity index (χ0v) is 5.70. The van der Waals surface area contributed by atoms with E-state index in [1.165, 1.54) is 0 Å². The molecule has 0 nitrogen and oxygen atoms in total. The molecule has 3 heteroatoms. The van der Waals surface area contributed by atoms with Crippen LogP contribution < -0.4 is 0 Å². The lowest BCUT2D eigenvalue weighted by Gasteiger charge is -2.14. The molecule has 0 amide bonds. The molecule has 0 aromatic heterocycles. The van der Waals surface area contributed by atoms with Gasteiger partial charge in [-0.2, -0.15) is 0 Å². The second-order valence-corrected chi connectivity index (χ2v) is 2.44. The predicted octanol–water partition coefficient (Wildman–Crippen LogP) is 2.02. The third-order valence-electron chi connectivity index (χ3n) is 1.57. The van der Waals surface area contributed by atoms with Crippen LogP contribution in [0.15, 0.2) is 22.9 Å². The van der Waals surface area contributed by atoms with Crippen LogP contribution in [-0.4, -0.2) is 14.0 Å². The van der Waals surface area contributed by atoms with Crippen LogP contribution in [-0.2, 0) is 0 Å². The summed E-state index contributed by atoms with van der Waals surface area (Å²) in [5.74, 6) is -0.761. The van der Waals surface area contributed by atoms with Gasteiger partial charge in [0.1, 0.15) is 13.7 Å². The van der Waals surface area contributed by atoms with Crippen LogP contribution in [0.5, 0.6) is 0 Å². The summed E-state index contributed by atoms with van der Waals surface area (Å²) in [5, 5.41) is 0. The van der Waals surface area contributed by atoms with Crippen LogP contribution in [0.2, 0.25) is 0 Å². The number of hydrogen-bond donors (Lipinski definition) is 0. The SMILES string of the molecule is [B]C1=C(C)CC(F)C(F)=C1. The monoisotopic (exact) mass is 140 g/mol. The fraction of sp³-hybridized carbons (Fsp3) is 0.429. The Kier molecular flexibility index (Phi) is 1.93. The van der Waals surface area contributed by atoms with E-state index in [0.717, 1.165) is 6.08 Å². The maximum absolute atomic E-state index is 12.5. The highest BCUT2D eigenvalue weighted by Gasteiger charge is 2.18. The van der Waals surface area contributed by atoms with Crippen molar-refractivity contribution in [2.24, 2.45) is 0 Å². The largest absolute Gasteiger partial charge is 0.239 e. The predicted molar refractivity (Wildman–Crippen MR) is 37.2 cm³/mol. The normalized spacial score (nSPS) is 26.7. The third kappa shape index (κ3) is 1.28. The average Bonchev–Trinajstić information content (AvgIpc) is 1.84. The second-order valence-electron chi connectivity index (χ2n) is 2.44. The second kappa shape index (κ2) is 2.56. The van der Waals surface area contributed by atoms with E-state index < -0.39 is 12.0 Å². The quantitative estimate of drug-likeness (QED) is 0.451. The number of rotatable bonds is 0. The van der Waals surface area contributed by atoms with Gasteiger partial charge in [-0.15, -0.1) is 0 Å². The molecular formula is C7H7BF2. The van der Waals surface area contributed by atoms with Gasteiger partial charge in [0.15, 0.2) is 6.17 Å². The molecule has 10 heavy (non-hydrogen) atoms. The maximum atomic E-state index is 12.5. The molecule has 2 radical (unpaired) electrons. The standard InChI is InChI=1S/C7H7BF2/c1-4-2-6(9)7(10)3-5(4)8/h3,6H,2H2,1H3. The Morgan fingerprint density at radius 1 is 1.70 bits per heavy atom. The Bertz CT molecular complexity index is 206. The van der Waals surface area contributed by atoms with Gasteiger partial charge in [0, 0.05) is 6.42 Å². The van der Waals surface area contributed by atoms with E-state index in [0.29, 0.717) is 11.0 Å². The Morgan fingerprint density at radius 2 is 2.30 bits per heavy atom. The number of allylic oxidation sites excluding steroid dienone is 4. The van der Waals surface area contributed by atoms with Gasteiger partial charge in [0.2, 0.25) is 0 Å². The molecule has 1 atom stereocenters. The number of halogens is 2. The van der Waals surface area contributed by atoms with Gasteiger partial charge in [0.25, 0.3) is 0 Å². The summed E-state index contributed by atoms with van der Waals surface area (Å²) in [6.45, 7) is 1.70. The molecule has 0 fully saturated rings. The number of alkyl halides is 1. The molecule has 1 aliphatic carbocycles. The Hall–Kier alpha value is -0.595. The van der Waals surface area contributed by atoms with E-state index in [1.54, 1.807) is 6.92 Å². The molecule has 0 spiro atoms. The summed E-state index contributed by atoms with van der Waals surface area (Å²) >= 11 is 0. The van der Waals surface area contributed by atoms with Gasteiger partial charge in [-0.05, 0) is 13.0 Å². The fourth-order valence-corrected chi connectivity index (χ4v) is 0.846. The maximum Gasteiger partial charge on any atom is 0.155 e. The zero-order valence-electron chi connectivity index (χ0n) is 5.70. The van der Waals surface area contributed by atoms with Crippen LogP contribution in [0, 0.1) is 0 Å². The summed E-state index contributed by atoms with van der Waals surface area (Å²) in [6, 6.07) is 0. The minimum Gasteiger partial charge on any atom is -0.239 e. The van der Waals surface area contributed by atoms with Crippen molar-refractivity contribution in [1.82, 2.24) is 0 Å². The van der Waals surface area contributed by atoms with E-state index in [-0.39, 0.29) is 6.42 Å². The molecule has 0 N–H and O–H groups in total. The molecule has 0 aliphatic heterocycles. The summed E-state index contributed by atoms with van der Waals surface area (Å²) in [7, 11) is 5.33. The minimum absolute atomic E-state index is 0.0914. The molecule has 0 saturated heterocycles. The van der Waals surface area contributed by atoms with Gasteiger partial charge >= 0.3 is 0 Å². The lowest BCUT2D eigenvalue weighted by molar-refractivity contribution is 0.320. The zero-order chi connectivity index (χ0) is 7.72. The summed E-state index contributed by atoms with van der Waals surface area (Å²) in [4.78, 5) is 0. The lowest BCUT2D eigenvalue weighted by atomic mass is 9.84. The van der Waals surface area contributed by atoms with E-state index in [2.05, 4.69) is 0 Å². The summed E-state index contributed by atoms with van der Waals surface area (Å²) in [6.07, 6.45) is -0.343. The first-order chi connectivity index (χ1) is 4.61. The van der Waals surface area contributed by atoms with Crippen molar-refractivity contribution in [2.75, 3.05) is 0 Å². The molecule has 1 unspecified atom stereocenters. The highest BCUT2D eigenvalue weighted by atomic mass is 19.2. The topological polar surface area (TPSA) is 0 Å². The average molecular weight is 140 g/mol. The molecule has 0 aromatic carbocycles. The van der Waals surface area contributed by atoms with Crippen LogP contribution in [0.1, 0.15) is 13.3 Å². The number of hydrogen-bond acceptors (Lipinski definition) is 0. The molecule has 52 valence electrons. The smallest absolute Gasteiger partial charge is 0.155 e. The summed E-state index contributed by atoms with van der Waals surface area (Å²) < 4.78 is 24.8. The molecule has 0 aromatic rings. The molecule has 0 saturated carbocycles. The van der Waals surface area contributed by atoms with Gasteiger partial charge in [-0.25, -0.2) is 8.78 Å². The van der Waals surface area contributed by atoms with Gasteiger partial charge < -0.3 is 0 Å². The van der Waals surface area contributed by atoms with Gasteiger partial charge in [-0.3, -0.25) is 0 Å². The molecule has 0 heterocycles. The first-order valence-corrected chi connectivity index (χ1v) is 3.07. The molecule has 0 bridgehead atoms. The van der Waals surface area contributed by atoms with Crippen LogP contribution >= 0.6 is 0 Å². The van der Waals surface area contributed by atoms with Crippen molar-refractivity contribution < 1.29 is 8.78 Å². The van der Waals surface area contributed by atoms with Crippen molar-refractivity contribution in [3.05, 3.63) is 22.9 Å². The van der Waals surface area contributed by atoms with E-state index in [4.69, 9.17) is 7.85 Å². The Morgan fingerprint density at radius 3 is 2.80 bits per heavy atom. The van der Waals surface area contributed by atoms with E-state index in [1.807, 2.05) is 0 Å². The van der Waals surface area contributed by atoms with Crippen LogP contribution in [0.3, 0.4) is 0 Å². The van der Waals surface area contributed by atoms with E-state index >= 15 is 0 Å². The Balaban J connectivity index is 2.88. The molecule has 1 rings (SSSR count).